The minimum atomic E-state index is -3.95. The summed E-state index contributed by atoms with van der Waals surface area (Å²) in [5, 5.41) is 2.34. The van der Waals surface area contributed by atoms with Gasteiger partial charge in [0.2, 0.25) is 10.0 Å². The Labute approximate surface area is 166 Å². The van der Waals surface area contributed by atoms with Crippen LogP contribution in [-0.2, 0) is 10.0 Å². The number of carbonyl (C=O) groups excluding carboxylic acids is 2. The number of hydrogen-bond donors (Lipinski definition) is 3. The van der Waals surface area contributed by atoms with E-state index >= 15 is 0 Å². The molecule has 7 nitrogen and oxygen atoms in total. The number of halogens is 2. The molecule has 0 radical (unpaired) electrons. The van der Waals surface area contributed by atoms with Gasteiger partial charge in [-0.25, -0.2) is 13.1 Å². The van der Waals surface area contributed by atoms with E-state index in [2.05, 4.69) is 10.0 Å². The van der Waals surface area contributed by atoms with Gasteiger partial charge in [-0.2, -0.15) is 0 Å². The van der Waals surface area contributed by atoms with E-state index in [1.807, 2.05) is 0 Å². The molecule has 144 valence electrons. The molecule has 0 atom stereocenters. The lowest BCUT2D eigenvalue weighted by Crippen LogP contribution is -2.30. The number of sulfonamides is 1. The topological polar surface area (TPSA) is 118 Å². The molecule has 2 rings (SSSR count). The van der Waals surface area contributed by atoms with Gasteiger partial charge in [0.15, 0.2) is 0 Å². The highest BCUT2D eigenvalue weighted by molar-refractivity contribution is 7.89. The number of nitrogens with one attached hydrogen (secondary N) is 2. The number of nitrogens with two attached hydrogens (primary N) is 1. The summed E-state index contributed by atoms with van der Waals surface area (Å²) in [4.78, 5) is 23.8. The molecule has 0 saturated carbocycles. The van der Waals surface area contributed by atoms with Crippen LogP contribution in [0, 0.1) is 0 Å². The first-order chi connectivity index (χ1) is 12.5. The van der Waals surface area contributed by atoms with Crippen LogP contribution >= 0.6 is 23.2 Å². The van der Waals surface area contributed by atoms with Crippen molar-refractivity contribution >= 4 is 50.7 Å². The van der Waals surface area contributed by atoms with E-state index in [1.54, 1.807) is 26.0 Å². The molecule has 0 aliphatic carbocycles. The molecule has 0 fully saturated rings. The van der Waals surface area contributed by atoms with Crippen molar-refractivity contribution in [1.29, 1.82) is 0 Å². The fraction of sp³-hybridized carbons (Fsp3) is 0.176. The van der Waals surface area contributed by atoms with Crippen molar-refractivity contribution < 1.29 is 18.0 Å². The molecular weight excluding hydrogens is 413 g/mol. The Balaban J connectivity index is 2.46. The van der Waals surface area contributed by atoms with E-state index in [0.717, 1.165) is 6.07 Å². The van der Waals surface area contributed by atoms with Gasteiger partial charge in [0.25, 0.3) is 11.8 Å². The number of rotatable bonds is 6. The van der Waals surface area contributed by atoms with Crippen LogP contribution in [0.2, 0.25) is 10.0 Å². The van der Waals surface area contributed by atoms with Gasteiger partial charge < -0.3 is 11.1 Å². The molecule has 27 heavy (non-hydrogen) atoms. The molecule has 4 N–H and O–H groups in total. The summed E-state index contributed by atoms with van der Waals surface area (Å²) >= 11 is 12.1. The first-order valence-electron chi connectivity index (χ1n) is 7.74. The predicted octanol–water partition coefficient (Wildman–Crippen LogP) is 3.03. The Morgan fingerprint density at radius 1 is 1.04 bits per heavy atom. The number of para-hydroxylation sites is 1. The number of carbonyl (C=O) groups is 2. The molecule has 2 aromatic carbocycles. The van der Waals surface area contributed by atoms with Crippen LogP contribution in [-0.4, -0.2) is 26.3 Å². The third-order valence-electron chi connectivity index (χ3n) is 3.39. The second-order valence-electron chi connectivity index (χ2n) is 5.90. The van der Waals surface area contributed by atoms with Gasteiger partial charge in [0.1, 0.15) is 4.90 Å². The molecule has 0 aliphatic heterocycles. The van der Waals surface area contributed by atoms with Gasteiger partial charge in [-0.3, -0.25) is 9.59 Å². The fourth-order valence-electron chi connectivity index (χ4n) is 2.28. The van der Waals surface area contributed by atoms with Crippen molar-refractivity contribution in [3.8, 4) is 0 Å². The monoisotopic (exact) mass is 429 g/mol. The summed E-state index contributed by atoms with van der Waals surface area (Å²) in [7, 11) is -3.95. The van der Waals surface area contributed by atoms with E-state index in [9.17, 15) is 18.0 Å². The quantitative estimate of drug-likeness (QED) is 0.653. The zero-order valence-corrected chi connectivity index (χ0v) is 16.7. The summed E-state index contributed by atoms with van der Waals surface area (Å²) in [6, 6.07) is 8.01. The first kappa shape index (κ1) is 21.2. The van der Waals surface area contributed by atoms with Gasteiger partial charge in [-0.15, -0.1) is 0 Å². The van der Waals surface area contributed by atoms with Crippen molar-refractivity contribution in [3.63, 3.8) is 0 Å². The number of benzene rings is 2. The highest BCUT2D eigenvalue weighted by Crippen LogP contribution is 2.29. The fourth-order valence-corrected chi connectivity index (χ4v) is 4.39. The molecular formula is C17H17Cl2N3O4S. The highest BCUT2D eigenvalue weighted by Gasteiger charge is 2.24. The zero-order valence-electron chi connectivity index (χ0n) is 14.4. The zero-order chi connectivity index (χ0) is 20.4. The SMILES string of the molecule is CC(C)NS(=O)(=O)c1cc(C(=O)Nc2ccccc2C(N)=O)c(Cl)cc1Cl. The second kappa shape index (κ2) is 8.26. The Bertz CT molecular complexity index is 1010. The van der Waals surface area contributed by atoms with E-state index < -0.39 is 21.8 Å². The van der Waals surface area contributed by atoms with Crippen LogP contribution < -0.4 is 15.8 Å². The Hall–Kier alpha value is -2.13. The summed E-state index contributed by atoms with van der Waals surface area (Å²) < 4.78 is 27.2. The maximum absolute atomic E-state index is 12.6. The van der Waals surface area contributed by atoms with E-state index in [1.165, 1.54) is 18.2 Å². The lowest BCUT2D eigenvalue weighted by molar-refractivity contribution is 0.100. The van der Waals surface area contributed by atoms with Crippen LogP contribution in [0.5, 0.6) is 0 Å². The van der Waals surface area contributed by atoms with E-state index in [4.69, 9.17) is 28.9 Å². The van der Waals surface area contributed by atoms with Gasteiger partial charge in [-0.05, 0) is 38.1 Å². The molecule has 0 aliphatic rings. The van der Waals surface area contributed by atoms with Gasteiger partial charge in [0, 0.05) is 6.04 Å². The van der Waals surface area contributed by atoms with Crippen LogP contribution in [0.3, 0.4) is 0 Å². The second-order valence-corrected chi connectivity index (χ2v) is 8.40. The predicted molar refractivity (Wildman–Crippen MR) is 105 cm³/mol. The molecule has 0 spiro atoms. The Kier molecular flexibility index (Phi) is 6.48. The number of amides is 2. The van der Waals surface area contributed by atoms with Crippen molar-refractivity contribution in [3.05, 3.63) is 57.6 Å². The summed E-state index contributed by atoms with van der Waals surface area (Å²) in [5.74, 6) is -1.44. The van der Waals surface area contributed by atoms with Gasteiger partial charge in [-0.1, -0.05) is 35.3 Å². The molecule has 0 unspecified atom stereocenters. The molecule has 0 bridgehead atoms. The number of primary amides is 1. The number of anilines is 1. The largest absolute Gasteiger partial charge is 0.366 e. The maximum Gasteiger partial charge on any atom is 0.257 e. The average molecular weight is 430 g/mol. The molecule has 2 aromatic rings. The normalized spacial score (nSPS) is 11.4. The van der Waals surface area contributed by atoms with E-state index in [0.29, 0.717) is 0 Å². The van der Waals surface area contributed by atoms with Crippen molar-refractivity contribution in [2.75, 3.05) is 5.32 Å². The van der Waals surface area contributed by atoms with Crippen LogP contribution in [0.4, 0.5) is 5.69 Å². The van der Waals surface area contributed by atoms with Gasteiger partial charge in [0.05, 0.1) is 26.9 Å². The lowest BCUT2D eigenvalue weighted by Gasteiger charge is -2.14. The summed E-state index contributed by atoms with van der Waals surface area (Å²) in [6.07, 6.45) is 0. The van der Waals surface area contributed by atoms with Crippen molar-refractivity contribution in [2.45, 2.75) is 24.8 Å². The van der Waals surface area contributed by atoms with E-state index in [-0.39, 0.29) is 37.8 Å². The van der Waals surface area contributed by atoms with Crippen LogP contribution in [0.1, 0.15) is 34.6 Å². The van der Waals surface area contributed by atoms with Crippen molar-refractivity contribution in [1.82, 2.24) is 4.72 Å². The first-order valence-corrected chi connectivity index (χ1v) is 9.98. The minimum Gasteiger partial charge on any atom is -0.366 e. The maximum atomic E-state index is 12.6. The highest BCUT2D eigenvalue weighted by atomic mass is 35.5. The van der Waals surface area contributed by atoms with Crippen molar-refractivity contribution in [2.24, 2.45) is 5.73 Å². The Morgan fingerprint density at radius 2 is 1.67 bits per heavy atom. The van der Waals surface area contributed by atoms with Gasteiger partial charge >= 0.3 is 0 Å². The summed E-state index contributed by atoms with van der Waals surface area (Å²) in [6.45, 7) is 3.30. The molecule has 0 aromatic heterocycles. The smallest absolute Gasteiger partial charge is 0.257 e. The molecule has 0 saturated heterocycles. The standard InChI is InChI=1S/C17H17Cl2N3O4S/c1-9(2)22-27(25,26)15-7-11(12(18)8-13(15)19)17(24)21-14-6-4-3-5-10(14)16(20)23/h3-9,22H,1-2H3,(H2,20,23)(H,21,24). The molecule has 0 heterocycles. The van der Waals surface area contributed by atoms with Crippen LogP contribution in [0.25, 0.3) is 0 Å². The molecule has 10 heteroatoms. The molecule has 2 amide bonds. The number of hydrogen-bond acceptors (Lipinski definition) is 4. The third kappa shape index (κ3) is 4.98. The third-order valence-corrected chi connectivity index (χ3v) is 5.82. The summed E-state index contributed by atoms with van der Waals surface area (Å²) in [5.41, 5.74) is 5.44. The minimum absolute atomic E-state index is 0.0439. The lowest BCUT2D eigenvalue weighted by atomic mass is 10.1. The van der Waals surface area contributed by atoms with Crippen LogP contribution in [0.15, 0.2) is 41.3 Å². The Morgan fingerprint density at radius 3 is 2.26 bits per heavy atom. The average Bonchev–Trinajstić information content (AvgIpc) is 2.53.